The van der Waals surface area contributed by atoms with Gasteiger partial charge in [-0.15, -0.1) is 0 Å². The van der Waals surface area contributed by atoms with Gasteiger partial charge in [-0.3, -0.25) is 0 Å². The molecule has 0 bridgehead atoms. The molecular formula is C75H82BN3. The molecule has 2 unspecified atom stereocenters. The zero-order valence-corrected chi connectivity index (χ0v) is 50.2. The number of anilines is 7. The first-order chi connectivity index (χ1) is 37.2. The molecule has 1 fully saturated rings. The Labute approximate surface area is 474 Å². The lowest BCUT2D eigenvalue weighted by molar-refractivity contribution is 0.195. The number of rotatable bonds is 5. The Kier molecular flexibility index (Phi) is 11.2. The zero-order valence-electron chi connectivity index (χ0n) is 50.2. The first kappa shape index (κ1) is 51.6. The number of hydrogen-bond acceptors (Lipinski definition) is 3. The van der Waals surface area contributed by atoms with E-state index in [-0.39, 0.29) is 44.7 Å². The van der Waals surface area contributed by atoms with Crippen molar-refractivity contribution in [2.45, 2.75) is 174 Å². The molecule has 3 nitrogen and oxygen atoms in total. The highest BCUT2D eigenvalue weighted by atomic mass is 15.3. The lowest BCUT2D eigenvalue weighted by Gasteiger charge is -2.52. The van der Waals surface area contributed by atoms with Crippen molar-refractivity contribution in [1.29, 1.82) is 0 Å². The highest BCUT2D eigenvalue weighted by Crippen LogP contribution is 2.64. The second-order valence-electron chi connectivity index (χ2n) is 29.4. The van der Waals surface area contributed by atoms with E-state index < -0.39 is 0 Å². The quantitative estimate of drug-likeness (QED) is 0.173. The molecule has 0 saturated heterocycles. The summed E-state index contributed by atoms with van der Waals surface area (Å²) in [5.74, 6) is 0. The number of benzene rings is 8. The SMILES string of the molecule is CC(C)(C)c1ccc(N(c2ccc(C(C)(C)C)cc2)c2cc3c4c(c2-c2ccc(C(C)(C)C)cc2-c2ccccc2)Nc2c(ccc5c2C(C)(C)c2ccccc2-5)B4c2cc(C(C)(C)C)cc4c2N3C2(C)CCCCC42C)cc1. The molecule has 3 heterocycles. The van der Waals surface area contributed by atoms with Gasteiger partial charge in [-0.25, -0.2) is 0 Å². The fraction of sp³-hybridized carbons (Fsp3) is 0.360. The molecule has 0 aromatic heterocycles. The molecule has 8 aromatic carbocycles. The molecule has 4 heteroatoms. The van der Waals surface area contributed by atoms with Crippen molar-refractivity contribution >= 4 is 62.9 Å². The summed E-state index contributed by atoms with van der Waals surface area (Å²) in [7, 11) is 0. The first-order valence-electron chi connectivity index (χ1n) is 29.7. The van der Waals surface area contributed by atoms with Crippen LogP contribution in [0.4, 0.5) is 39.8 Å². The van der Waals surface area contributed by atoms with E-state index in [2.05, 4.69) is 278 Å². The minimum atomic E-state index is -0.257. The van der Waals surface area contributed by atoms with Gasteiger partial charge in [0.2, 0.25) is 0 Å². The Bertz CT molecular complexity index is 3740. The average molecular weight is 1040 g/mol. The predicted molar refractivity (Wildman–Crippen MR) is 342 cm³/mol. The van der Waals surface area contributed by atoms with Gasteiger partial charge >= 0.3 is 0 Å². The summed E-state index contributed by atoms with van der Waals surface area (Å²) in [6, 6.07) is 59.9. The lowest BCUT2D eigenvalue weighted by atomic mass is 9.33. The van der Waals surface area contributed by atoms with Crippen LogP contribution < -0.4 is 31.5 Å². The maximum atomic E-state index is 4.60. The third-order valence-electron chi connectivity index (χ3n) is 20.0. The number of nitrogens with zero attached hydrogens (tertiary/aromatic N) is 2. The van der Waals surface area contributed by atoms with Crippen LogP contribution in [-0.4, -0.2) is 12.3 Å². The van der Waals surface area contributed by atoms with Crippen LogP contribution in [0.2, 0.25) is 0 Å². The van der Waals surface area contributed by atoms with E-state index in [4.69, 9.17) is 0 Å². The van der Waals surface area contributed by atoms with Gasteiger partial charge in [0.15, 0.2) is 0 Å². The molecule has 1 N–H and O–H groups in total. The Morgan fingerprint density at radius 3 is 1.67 bits per heavy atom. The zero-order chi connectivity index (χ0) is 55.7. The third kappa shape index (κ3) is 7.58. The molecule has 0 spiro atoms. The van der Waals surface area contributed by atoms with Crippen molar-refractivity contribution in [2.24, 2.45) is 0 Å². The first-order valence-corrected chi connectivity index (χ1v) is 29.7. The summed E-state index contributed by atoms with van der Waals surface area (Å²) in [5, 5.41) is 4.60. The second kappa shape index (κ2) is 17.1. The molecule has 2 atom stereocenters. The van der Waals surface area contributed by atoms with E-state index in [9.17, 15) is 0 Å². The van der Waals surface area contributed by atoms with Crippen molar-refractivity contribution in [1.82, 2.24) is 0 Å². The van der Waals surface area contributed by atoms with Crippen LogP contribution in [-0.2, 0) is 32.5 Å². The van der Waals surface area contributed by atoms with E-state index in [1.54, 1.807) is 5.56 Å². The molecular weight excluding hydrogens is 954 g/mol. The van der Waals surface area contributed by atoms with Crippen LogP contribution in [0.15, 0.2) is 152 Å². The molecule has 79 heavy (non-hydrogen) atoms. The Balaban J connectivity index is 1.23. The van der Waals surface area contributed by atoms with Gasteiger partial charge < -0.3 is 15.1 Å². The summed E-state index contributed by atoms with van der Waals surface area (Å²) >= 11 is 0. The van der Waals surface area contributed by atoms with Gasteiger partial charge in [-0.05, 0) is 161 Å². The standard InChI is InChI=1S/C75H82BN3/c1-69(2,3)47-28-33-51(34-29-47)78(52-35-30-48(31-36-52)70(4,5)6)61-45-62-65-67(63(61)54-37-32-49(71(7,8)9)42-56(54)46-24-18-17-19-25-46)77-66-59(39-38-55-53-26-20-21-27-57(53)73(13,14)64(55)66)76(65)60-44-50(72(10,11)12)43-58-68(60)79(62)75(16)41-23-22-40-74(58,75)15/h17-21,24-39,42-45,77H,22-23,40-41H2,1-16H3. The third-order valence-corrected chi connectivity index (χ3v) is 20.0. The molecule has 0 radical (unpaired) electrons. The van der Waals surface area contributed by atoms with Crippen molar-refractivity contribution < 1.29 is 0 Å². The molecule has 5 aliphatic rings. The second-order valence-corrected chi connectivity index (χ2v) is 29.4. The van der Waals surface area contributed by atoms with Crippen LogP contribution in [0.25, 0.3) is 33.4 Å². The molecule has 3 aliphatic heterocycles. The molecule has 13 rings (SSSR count). The number of hydrogen-bond donors (Lipinski definition) is 1. The van der Waals surface area contributed by atoms with Crippen LogP contribution in [0, 0.1) is 0 Å². The van der Waals surface area contributed by atoms with Crippen LogP contribution >= 0.6 is 0 Å². The average Bonchev–Trinajstić information content (AvgIpc) is 3.96. The smallest absolute Gasteiger partial charge is 0.252 e. The summed E-state index contributed by atoms with van der Waals surface area (Å²) in [6.45, 7) is 38.5. The minimum absolute atomic E-state index is 0.00588. The van der Waals surface area contributed by atoms with Gasteiger partial charge in [0.05, 0.1) is 11.2 Å². The van der Waals surface area contributed by atoms with Crippen molar-refractivity contribution in [2.75, 3.05) is 15.1 Å². The van der Waals surface area contributed by atoms with Gasteiger partial charge in [0.25, 0.3) is 6.71 Å². The normalized spacial score (nSPS) is 19.4. The maximum absolute atomic E-state index is 4.60. The van der Waals surface area contributed by atoms with E-state index in [0.717, 1.165) is 17.8 Å². The fourth-order valence-corrected chi connectivity index (χ4v) is 15.2. The topological polar surface area (TPSA) is 18.5 Å². The van der Waals surface area contributed by atoms with Crippen molar-refractivity contribution in [3.63, 3.8) is 0 Å². The molecule has 8 aromatic rings. The predicted octanol–water partition coefficient (Wildman–Crippen LogP) is 18.6. The molecule has 400 valence electrons. The van der Waals surface area contributed by atoms with E-state index in [0.29, 0.717) is 0 Å². The van der Waals surface area contributed by atoms with Gasteiger partial charge in [-0.2, -0.15) is 0 Å². The molecule has 1 saturated carbocycles. The van der Waals surface area contributed by atoms with Crippen molar-refractivity contribution in [3.8, 4) is 33.4 Å². The molecule has 2 aliphatic carbocycles. The highest BCUT2D eigenvalue weighted by molar-refractivity contribution is 7.00. The van der Waals surface area contributed by atoms with Gasteiger partial charge in [0.1, 0.15) is 0 Å². The number of fused-ring (bicyclic) bond motifs is 11. The highest BCUT2D eigenvalue weighted by Gasteiger charge is 2.62. The maximum Gasteiger partial charge on any atom is 0.252 e. The summed E-state index contributed by atoms with van der Waals surface area (Å²) < 4.78 is 0. The van der Waals surface area contributed by atoms with Crippen LogP contribution in [0.5, 0.6) is 0 Å². The summed E-state index contributed by atoms with van der Waals surface area (Å²) in [6.07, 6.45) is 4.74. The Morgan fingerprint density at radius 2 is 1.05 bits per heavy atom. The minimum Gasteiger partial charge on any atom is -0.355 e. The Hall–Kier alpha value is -6.78. The van der Waals surface area contributed by atoms with Gasteiger partial charge in [-0.1, -0.05) is 232 Å². The monoisotopic (exact) mass is 1040 g/mol. The molecule has 0 amide bonds. The number of nitrogens with one attached hydrogen (secondary N) is 1. The van der Waals surface area contributed by atoms with Crippen LogP contribution in [0.3, 0.4) is 0 Å². The summed E-state index contributed by atoms with van der Waals surface area (Å²) in [4.78, 5) is 5.55. The van der Waals surface area contributed by atoms with Gasteiger partial charge in [0, 0.05) is 50.5 Å². The lowest BCUT2D eigenvalue weighted by Crippen LogP contribution is -2.64. The van der Waals surface area contributed by atoms with E-state index in [1.807, 2.05) is 0 Å². The fourth-order valence-electron chi connectivity index (χ4n) is 15.2. The van der Waals surface area contributed by atoms with Crippen molar-refractivity contribution in [3.05, 3.63) is 191 Å². The largest absolute Gasteiger partial charge is 0.355 e. The van der Waals surface area contributed by atoms with E-state index in [1.165, 1.54) is 131 Å². The van der Waals surface area contributed by atoms with E-state index >= 15 is 0 Å². The Morgan fingerprint density at radius 1 is 0.481 bits per heavy atom. The van der Waals surface area contributed by atoms with Crippen LogP contribution in [0.1, 0.15) is 175 Å². The summed E-state index contributed by atoms with van der Waals surface area (Å²) in [5.41, 5.74) is 29.7.